The average molecular weight is 527 g/mol. The van der Waals surface area contributed by atoms with Crippen molar-refractivity contribution in [2.24, 2.45) is 0 Å². The van der Waals surface area contributed by atoms with Gasteiger partial charge in [-0.2, -0.15) is 0 Å². The zero-order valence-corrected chi connectivity index (χ0v) is 21.9. The first-order valence-corrected chi connectivity index (χ1v) is 12.4. The lowest BCUT2D eigenvalue weighted by atomic mass is 10.1. The van der Waals surface area contributed by atoms with Crippen LogP contribution in [-0.4, -0.2) is 47.5 Å². The maximum Gasteiger partial charge on any atom is 0.411 e. The van der Waals surface area contributed by atoms with Crippen molar-refractivity contribution in [1.82, 2.24) is 15.0 Å². The van der Waals surface area contributed by atoms with Gasteiger partial charge >= 0.3 is 6.09 Å². The van der Waals surface area contributed by atoms with E-state index >= 15 is 0 Å². The molecule has 198 valence electrons. The van der Waals surface area contributed by atoms with Crippen LogP contribution in [0, 0.1) is 20.8 Å². The number of nitrogens with one attached hydrogen (secondary N) is 1. The van der Waals surface area contributed by atoms with Crippen LogP contribution in [0.2, 0.25) is 0 Å². The van der Waals surface area contributed by atoms with E-state index in [1.807, 2.05) is 45.0 Å². The smallest absolute Gasteiger partial charge is 0.411 e. The lowest BCUT2D eigenvalue weighted by molar-refractivity contribution is 0.0382. The second-order valence-electron chi connectivity index (χ2n) is 9.43. The lowest BCUT2D eigenvalue weighted by Gasteiger charge is -2.27. The first-order valence-electron chi connectivity index (χ1n) is 12.4. The minimum absolute atomic E-state index is 0.0235. The summed E-state index contributed by atoms with van der Waals surface area (Å²) in [7, 11) is 1.56. The van der Waals surface area contributed by atoms with Gasteiger partial charge in [-0.3, -0.25) is 10.3 Å². The molecule has 1 aliphatic rings. The summed E-state index contributed by atoms with van der Waals surface area (Å²) in [6.45, 7) is 6.05. The molecular formula is C29H26N4O6. The van der Waals surface area contributed by atoms with E-state index in [9.17, 15) is 4.79 Å². The number of fused-ring (bicyclic) bond motifs is 4. The number of furan rings is 1. The highest BCUT2D eigenvalue weighted by molar-refractivity contribution is 5.97. The number of aryl methyl sites for hydroxylation is 3. The van der Waals surface area contributed by atoms with Crippen molar-refractivity contribution in [3.8, 4) is 28.7 Å². The summed E-state index contributed by atoms with van der Waals surface area (Å²) in [6.07, 6.45) is 2.11. The molecule has 0 bridgehead atoms. The number of anilines is 1. The van der Waals surface area contributed by atoms with Crippen molar-refractivity contribution >= 4 is 33.8 Å². The number of amides is 1. The summed E-state index contributed by atoms with van der Waals surface area (Å²) in [5.74, 6) is 2.24. The fourth-order valence-corrected chi connectivity index (χ4v) is 4.55. The van der Waals surface area contributed by atoms with Crippen molar-refractivity contribution < 1.29 is 28.2 Å². The van der Waals surface area contributed by atoms with E-state index in [1.54, 1.807) is 31.6 Å². The lowest BCUT2D eigenvalue weighted by Crippen LogP contribution is -2.35. The third kappa shape index (κ3) is 4.76. The molecule has 1 N–H and O–H groups in total. The maximum absolute atomic E-state index is 12.2. The van der Waals surface area contributed by atoms with Gasteiger partial charge in [0, 0.05) is 11.3 Å². The van der Waals surface area contributed by atoms with Gasteiger partial charge in [0.2, 0.25) is 5.88 Å². The SMILES string of the molecule is COc1cnc2c(-c3cc4c5c(cc(C)c4o3)OC(COC(=O)Nc3ccc(C)nc3)CO5)cc(C)cc2n1. The van der Waals surface area contributed by atoms with Crippen LogP contribution in [0.15, 0.2) is 53.2 Å². The van der Waals surface area contributed by atoms with E-state index in [-0.39, 0.29) is 13.2 Å². The Labute approximate surface area is 223 Å². The molecule has 10 heteroatoms. The molecule has 6 rings (SSSR count). The van der Waals surface area contributed by atoms with Gasteiger partial charge in [-0.15, -0.1) is 0 Å². The largest absolute Gasteiger partial charge is 0.485 e. The van der Waals surface area contributed by atoms with Gasteiger partial charge in [-0.05, 0) is 68.3 Å². The number of benzene rings is 2. The molecule has 0 saturated heterocycles. The van der Waals surface area contributed by atoms with Gasteiger partial charge in [0.15, 0.2) is 17.6 Å². The molecule has 1 atom stereocenters. The van der Waals surface area contributed by atoms with Gasteiger partial charge in [0.05, 0.1) is 41.6 Å². The number of hydrogen-bond donors (Lipinski definition) is 1. The predicted octanol–water partition coefficient (Wildman–Crippen LogP) is 5.76. The second-order valence-corrected chi connectivity index (χ2v) is 9.43. The highest BCUT2D eigenvalue weighted by Gasteiger charge is 2.27. The number of aromatic nitrogens is 3. The number of nitrogens with zero attached hydrogens (tertiary/aromatic N) is 3. The number of rotatable bonds is 5. The molecule has 1 unspecified atom stereocenters. The first kappa shape index (κ1) is 24.5. The minimum Gasteiger partial charge on any atom is -0.485 e. The highest BCUT2D eigenvalue weighted by atomic mass is 16.6. The number of ether oxygens (including phenoxy) is 4. The minimum atomic E-state index is -0.591. The number of methoxy groups -OCH3 is 1. The number of carbonyl (C=O) groups is 1. The van der Waals surface area contributed by atoms with Crippen LogP contribution in [0.25, 0.3) is 33.3 Å². The van der Waals surface area contributed by atoms with E-state index in [0.717, 1.165) is 27.8 Å². The van der Waals surface area contributed by atoms with E-state index in [2.05, 4.69) is 20.3 Å². The van der Waals surface area contributed by atoms with E-state index in [0.29, 0.717) is 45.4 Å². The van der Waals surface area contributed by atoms with Gasteiger partial charge in [-0.25, -0.2) is 14.8 Å². The second kappa shape index (κ2) is 9.79. The zero-order valence-electron chi connectivity index (χ0n) is 21.9. The zero-order chi connectivity index (χ0) is 27.1. The Bertz CT molecular complexity index is 1710. The van der Waals surface area contributed by atoms with Crippen LogP contribution >= 0.6 is 0 Å². The van der Waals surface area contributed by atoms with Gasteiger partial charge in [-0.1, -0.05) is 0 Å². The van der Waals surface area contributed by atoms with Crippen LogP contribution in [0.5, 0.6) is 17.4 Å². The van der Waals surface area contributed by atoms with Crippen molar-refractivity contribution in [3.63, 3.8) is 0 Å². The third-order valence-corrected chi connectivity index (χ3v) is 6.42. The molecule has 1 amide bonds. The summed E-state index contributed by atoms with van der Waals surface area (Å²) >= 11 is 0. The Morgan fingerprint density at radius 1 is 1.10 bits per heavy atom. The van der Waals surface area contributed by atoms with E-state index in [1.165, 1.54) is 0 Å². The average Bonchev–Trinajstić information content (AvgIpc) is 3.38. The molecular weight excluding hydrogens is 500 g/mol. The van der Waals surface area contributed by atoms with E-state index < -0.39 is 12.2 Å². The van der Waals surface area contributed by atoms with Crippen LogP contribution in [0.3, 0.4) is 0 Å². The molecule has 39 heavy (non-hydrogen) atoms. The Morgan fingerprint density at radius 2 is 1.97 bits per heavy atom. The third-order valence-electron chi connectivity index (χ3n) is 6.42. The molecule has 0 aliphatic carbocycles. The normalized spacial score (nSPS) is 14.4. The monoisotopic (exact) mass is 526 g/mol. The van der Waals surface area contributed by atoms with Crippen LogP contribution in [0.4, 0.5) is 10.5 Å². The summed E-state index contributed by atoms with van der Waals surface area (Å²) in [5, 5.41) is 3.45. The Morgan fingerprint density at radius 3 is 2.77 bits per heavy atom. The summed E-state index contributed by atoms with van der Waals surface area (Å²) in [5.41, 5.74) is 6.26. The topological polar surface area (TPSA) is 118 Å². The van der Waals surface area contributed by atoms with Crippen molar-refractivity contribution in [1.29, 1.82) is 0 Å². The Kier molecular flexibility index (Phi) is 6.14. The number of pyridine rings is 1. The predicted molar refractivity (Wildman–Crippen MR) is 145 cm³/mol. The maximum atomic E-state index is 12.2. The molecule has 3 aromatic heterocycles. The van der Waals surface area contributed by atoms with Gasteiger partial charge < -0.3 is 23.4 Å². The van der Waals surface area contributed by atoms with E-state index in [4.69, 9.17) is 23.4 Å². The molecule has 0 radical (unpaired) electrons. The fraction of sp³-hybridized carbons (Fsp3) is 0.241. The van der Waals surface area contributed by atoms with Crippen molar-refractivity contribution in [2.75, 3.05) is 25.6 Å². The molecule has 5 aromatic rings. The quantitative estimate of drug-likeness (QED) is 0.305. The standard InChI is InChI=1S/C29H26N4O6/c1-15-7-20(26-22(8-15)33-25(35-4)12-31-26)23-10-21-27(39-23)16(2)9-24-28(21)36-13-19(38-24)14-37-29(34)32-18-6-5-17(3)30-11-18/h5-12,19H,13-14H2,1-4H3,(H,32,34). The number of carbonyl (C=O) groups excluding carboxylic acids is 1. The summed E-state index contributed by atoms with van der Waals surface area (Å²) < 4.78 is 29.2. The highest BCUT2D eigenvalue weighted by Crippen LogP contribution is 2.44. The van der Waals surface area contributed by atoms with Crippen LogP contribution in [0.1, 0.15) is 16.8 Å². The molecule has 10 nitrogen and oxygen atoms in total. The van der Waals surface area contributed by atoms with Crippen molar-refractivity contribution in [3.05, 3.63) is 65.6 Å². The van der Waals surface area contributed by atoms with Crippen molar-refractivity contribution in [2.45, 2.75) is 26.9 Å². The van der Waals surface area contributed by atoms with Gasteiger partial charge in [0.1, 0.15) is 24.6 Å². The Hall–Kier alpha value is -4.86. The summed E-state index contributed by atoms with van der Waals surface area (Å²) in [6, 6.07) is 11.3. The fourth-order valence-electron chi connectivity index (χ4n) is 4.55. The Balaban J connectivity index is 1.24. The molecule has 2 aromatic carbocycles. The molecule has 1 aliphatic heterocycles. The van der Waals surface area contributed by atoms with Crippen LogP contribution < -0.4 is 19.5 Å². The first-order chi connectivity index (χ1) is 18.9. The number of hydrogen-bond acceptors (Lipinski definition) is 9. The molecule has 0 saturated carbocycles. The van der Waals surface area contributed by atoms with Crippen LogP contribution in [-0.2, 0) is 4.74 Å². The molecule has 0 fully saturated rings. The van der Waals surface area contributed by atoms with Gasteiger partial charge in [0.25, 0.3) is 0 Å². The molecule has 4 heterocycles. The molecule has 0 spiro atoms. The summed E-state index contributed by atoms with van der Waals surface area (Å²) in [4.78, 5) is 25.5.